The molecule has 0 saturated heterocycles. The number of carbonyl (C=O) groups is 1. The van der Waals surface area contributed by atoms with E-state index in [4.69, 9.17) is 17.0 Å². The lowest BCUT2D eigenvalue weighted by Crippen LogP contribution is -2.32. The van der Waals surface area contributed by atoms with Crippen LogP contribution in [0.4, 0.5) is 5.69 Å². The van der Waals surface area contributed by atoms with Crippen LogP contribution in [-0.2, 0) is 4.79 Å². The van der Waals surface area contributed by atoms with E-state index in [0.29, 0.717) is 12.4 Å². The van der Waals surface area contributed by atoms with Crippen LogP contribution in [0.1, 0.15) is 13.8 Å². The first-order valence-corrected chi connectivity index (χ1v) is 5.84. The van der Waals surface area contributed by atoms with Gasteiger partial charge < -0.3 is 15.4 Å². The summed E-state index contributed by atoms with van der Waals surface area (Å²) in [5, 5.41) is 5.65. The number of amides is 1. The Morgan fingerprint density at radius 3 is 2.78 bits per heavy atom. The van der Waals surface area contributed by atoms with Crippen molar-refractivity contribution in [1.29, 1.82) is 0 Å². The van der Waals surface area contributed by atoms with E-state index in [1.807, 2.05) is 25.1 Å². The van der Waals surface area contributed by atoms with Crippen molar-refractivity contribution in [1.82, 2.24) is 5.32 Å². The van der Waals surface area contributed by atoms with Crippen LogP contribution in [0.2, 0.25) is 0 Å². The molecule has 0 aromatic heterocycles. The fraction of sp³-hybridized carbons (Fsp3) is 0.231. The third kappa shape index (κ3) is 5.45. The number of thiocarbonyl (C=S) groups is 1. The van der Waals surface area contributed by atoms with Gasteiger partial charge in [-0.15, -0.1) is 0 Å². The summed E-state index contributed by atoms with van der Waals surface area (Å²) in [6.07, 6.45) is 0. The second kappa shape index (κ2) is 6.76. The predicted molar refractivity (Wildman–Crippen MR) is 76.8 cm³/mol. The van der Waals surface area contributed by atoms with Gasteiger partial charge in [0.05, 0.1) is 0 Å². The van der Waals surface area contributed by atoms with Crippen molar-refractivity contribution in [3.63, 3.8) is 0 Å². The van der Waals surface area contributed by atoms with Gasteiger partial charge in [-0.2, -0.15) is 0 Å². The molecule has 1 rings (SSSR count). The minimum Gasteiger partial charge on any atom is -0.489 e. The highest BCUT2D eigenvalue weighted by atomic mass is 32.1. The van der Waals surface area contributed by atoms with Crippen LogP contribution < -0.4 is 15.4 Å². The maximum absolute atomic E-state index is 10.8. The summed E-state index contributed by atoms with van der Waals surface area (Å²) in [6.45, 7) is 7.54. The average molecular weight is 264 g/mol. The first-order valence-electron chi connectivity index (χ1n) is 5.43. The van der Waals surface area contributed by atoms with Crippen LogP contribution in [0.3, 0.4) is 0 Å². The molecule has 0 atom stereocenters. The van der Waals surface area contributed by atoms with E-state index in [2.05, 4.69) is 17.2 Å². The molecule has 0 heterocycles. The normalized spacial score (nSPS) is 9.44. The number of anilines is 1. The van der Waals surface area contributed by atoms with Gasteiger partial charge in [0.15, 0.2) is 5.11 Å². The zero-order valence-corrected chi connectivity index (χ0v) is 11.3. The third-order valence-electron chi connectivity index (χ3n) is 1.87. The van der Waals surface area contributed by atoms with Crippen molar-refractivity contribution in [3.8, 4) is 5.75 Å². The highest BCUT2D eigenvalue weighted by molar-refractivity contribution is 7.80. The Morgan fingerprint density at radius 1 is 1.44 bits per heavy atom. The van der Waals surface area contributed by atoms with Gasteiger partial charge in [-0.1, -0.05) is 12.6 Å². The molecule has 0 radical (unpaired) electrons. The number of benzene rings is 1. The van der Waals surface area contributed by atoms with Gasteiger partial charge in [0.1, 0.15) is 12.4 Å². The lowest BCUT2D eigenvalue weighted by Gasteiger charge is -2.10. The fourth-order valence-electron chi connectivity index (χ4n) is 1.19. The minimum absolute atomic E-state index is 0.206. The van der Waals surface area contributed by atoms with Crippen LogP contribution in [-0.4, -0.2) is 17.6 Å². The summed E-state index contributed by atoms with van der Waals surface area (Å²) < 4.78 is 5.50. The van der Waals surface area contributed by atoms with Crippen molar-refractivity contribution < 1.29 is 9.53 Å². The lowest BCUT2D eigenvalue weighted by molar-refractivity contribution is -0.117. The van der Waals surface area contributed by atoms with Crippen LogP contribution in [0.25, 0.3) is 0 Å². The molecule has 0 spiro atoms. The fourth-order valence-corrected chi connectivity index (χ4v) is 1.45. The molecular weight excluding hydrogens is 248 g/mol. The highest BCUT2D eigenvalue weighted by Crippen LogP contribution is 2.17. The summed E-state index contributed by atoms with van der Waals surface area (Å²) in [5.74, 6) is 0.510. The Morgan fingerprint density at radius 2 is 2.17 bits per heavy atom. The lowest BCUT2D eigenvalue weighted by atomic mass is 10.3. The Bertz CT molecular complexity index is 472. The Labute approximate surface area is 112 Å². The topological polar surface area (TPSA) is 50.4 Å². The van der Waals surface area contributed by atoms with Crippen molar-refractivity contribution in [2.45, 2.75) is 13.8 Å². The molecule has 1 amide bonds. The molecule has 4 nitrogen and oxygen atoms in total. The molecule has 0 unspecified atom stereocenters. The van der Waals surface area contributed by atoms with E-state index >= 15 is 0 Å². The number of ether oxygens (including phenoxy) is 1. The Hall–Kier alpha value is -1.88. The number of carbonyl (C=O) groups excluding carboxylic acids is 1. The van der Waals surface area contributed by atoms with Gasteiger partial charge in [-0.25, -0.2) is 0 Å². The molecule has 0 bridgehead atoms. The molecule has 18 heavy (non-hydrogen) atoms. The Kier molecular flexibility index (Phi) is 5.32. The number of rotatable bonds is 4. The second-order valence-electron chi connectivity index (χ2n) is 3.91. The van der Waals surface area contributed by atoms with Crippen LogP contribution in [0, 0.1) is 0 Å². The van der Waals surface area contributed by atoms with Gasteiger partial charge in [0.25, 0.3) is 0 Å². The van der Waals surface area contributed by atoms with Crippen molar-refractivity contribution in [3.05, 3.63) is 36.4 Å². The number of hydrogen-bond donors (Lipinski definition) is 2. The standard InChI is InChI=1S/C13H16N2O2S/c1-9(2)8-17-12-6-4-5-11(7-12)15-13(18)14-10(3)16/h4-7H,1,8H2,2-3H3,(H2,14,15,16,18). The first-order chi connectivity index (χ1) is 8.47. The van der Waals surface area contributed by atoms with Crippen LogP contribution in [0.15, 0.2) is 36.4 Å². The molecule has 96 valence electrons. The van der Waals surface area contributed by atoms with E-state index in [-0.39, 0.29) is 11.0 Å². The van der Waals surface area contributed by atoms with Crippen molar-refractivity contribution in [2.75, 3.05) is 11.9 Å². The average Bonchev–Trinajstić information content (AvgIpc) is 2.25. The minimum atomic E-state index is -0.206. The van der Waals surface area contributed by atoms with Crippen LogP contribution in [0.5, 0.6) is 5.75 Å². The molecule has 0 aliphatic heterocycles. The predicted octanol–water partition coefficient (Wildman–Crippen LogP) is 2.47. The quantitative estimate of drug-likeness (QED) is 0.648. The monoisotopic (exact) mass is 264 g/mol. The number of hydrogen-bond acceptors (Lipinski definition) is 3. The molecule has 0 fully saturated rings. The molecular formula is C13H16N2O2S. The van der Waals surface area contributed by atoms with Gasteiger partial charge in [-0.3, -0.25) is 4.79 Å². The molecule has 5 heteroatoms. The van der Waals surface area contributed by atoms with E-state index in [1.165, 1.54) is 6.92 Å². The van der Waals surface area contributed by atoms with E-state index < -0.39 is 0 Å². The smallest absolute Gasteiger partial charge is 0.222 e. The Balaban J connectivity index is 2.61. The van der Waals surface area contributed by atoms with Crippen LogP contribution >= 0.6 is 12.2 Å². The summed E-state index contributed by atoms with van der Waals surface area (Å²) in [4.78, 5) is 10.8. The molecule has 2 N–H and O–H groups in total. The van der Waals surface area contributed by atoms with E-state index in [0.717, 1.165) is 11.3 Å². The number of nitrogens with one attached hydrogen (secondary N) is 2. The SMILES string of the molecule is C=C(C)COc1cccc(NC(=S)NC(C)=O)c1. The summed E-state index contributed by atoms with van der Waals surface area (Å²) >= 11 is 4.96. The van der Waals surface area contributed by atoms with E-state index in [1.54, 1.807) is 6.07 Å². The maximum atomic E-state index is 10.8. The molecule has 0 saturated carbocycles. The molecule has 1 aromatic rings. The largest absolute Gasteiger partial charge is 0.489 e. The van der Waals surface area contributed by atoms with Gasteiger partial charge in [0, 0.05) is 18.7 Å². The second-order valence-corrected chi connectivity index (χ2v) is 4.32. The van der Waals surface area contributed by atoms with E-state index in [9.17, 15) is 4.79 Å². The van der Waals surface area contributed by atoms with Crippen molar-refractivity contribution in [2.24, 2.45) is 0 Å². The summed E-state index contributed by atoms with van der Waals surface area (Å²) in [7, 11) is 0. The first kappa shape index (κ1) is 14.2. The van der Waals surface area contributed by atoms with Gasteiger partial charge >= 0.3 is 0 Å². The molecule has 0 aliphatic carbocycles. The summed E-state index contributed by atoms with van der Waals surface area (Å²) in [5.41, 5.74) is 1.70. The van der Waals surface area contributed by atoms with Gasteiger partial charge in [0.2, 0.25) is 5.91 Å². The third-order valence-corrected chi connectivity index (χ3v) is 2.07. The molecule has 0 aliphatic rings. The zero-order chi connectivity index (χ0) is 13.5. The van der Waals surface area contributed by atoms with Gasteiger partial charge in [-0.05, 0) is 36.8 Å². The zero-order valence-electron chi connectivity index (χ0n) is 10.4. The van der Waals surface area contributed by atoms with Crippen molar-refractivity contribution >= 4 is 28.9 Å². The highest BCUT2D eigenvalue weighted by Gasteiger charge is 2.01. The molecule has 1 aromatic carbocycles. The summed E-state index contributed by atoms with van der Waals surface area (Å²) in [6, 6.07) is 7.32. The maximum Gasteiger partial charge on any atom is 0.222 e.